The third kappa shape index (κ3) is 3.64. The van der Waals surface area contributed by atoms with Crippen molar-refractivity contribution in [3.8, 4) is 5.75 Å². The molecule has 0 saturated carbocycles. The van der Waals surface area contributed by atoms with Crippen molar-refractivity contribution in [2.24, 2.45) is 5.92 Å². The number of rotatable bonds is 5. The van der Waals surface area contributed by atoms with Crippen LogP contribution in [-0.4, -0.2) is 18.1 Å². The van der Waals surface area contributed by atoms with Gasteiger partial charge in [0.1, 0.15) is 11.6 Å². The Morgan fingerprint density at radius 3 is 3.00 bits per heavy atom. The lowest BCUT2D eigenvalue weighted by Crippen LogP contribution is -2.05. The van der Waals surface area contributed by atoms with Crippen molar-refractivity contribution in [2.45, 2.75) is 20.8 Å². The summed E-state index contributed by atoms with van der Waals surface area (Å²) in [4.78, 5) is 4.17. The molecule has 0 atom stereocenters. The Hall–Kier alpha value is -1.25. The van der Waals surface area contributed by atoms with Crippen LogP contribution < -0.4 is 10.1 Å². The first-order valence-electron chi connectivity index (χ1n) is 5.05. The minimum Gasteiger partial charge on any atom is -0.493 e. The second-order valence-corrected chi connectivity index (χ2v) is 3.61. The fourth-order valence-electron chi connectivity index (χ4n) is 1.04. The fourth-order valence-corrected chi connectivity index (χ4v) is 1.04. The molecular weight excluding hydrogens is 176 g/mol. The van der Waals surface area contributed by atoms with E-state index in [0.717, 1.165) is 24.7 Å². The van der Waals surface area contributed by atoms with Crippen LogP contribution >= 0.6 is 0 Å². The van der Waals surface area contributed by atoms with Gasteiger partial charge in [-0.05, 0) is 18.9 Å². The molecule has 0 aromatic carbocycles. The Morgan fingerprint density at radius 1 is 1.57 bits per heavy atom. The van der Waals surface area contributed by atoms with Crippen molar-refractivity contribution in [3.63, 3.8) is 0 Å². The Morgan fingerprint density at radius 2 is 2.36 bits per heavy atom. The molecule has 0 radical (unpaired) electrons. The molecule has 0 unspecified atom stereocenters. The highest BCUT2D eigenvalue weighted by Crippen LogP contribution is 2.14. The molecular formula is C11H20N2O. The van der Waals surface area contributed by atoms with Gasteiger partial charge in [-0.15, -0.1) is 0 Å². The lowest BCUT2D eigenvalue weighted by Gasteiger charge is -2.09. The van der Waals surface area contributed by atoms with Crippen LogP contribution in [0.5, 0.6) is 5.75 Å². The van der Waals surface area contributed by atoms with E-state index in [4.69, 9.17) is 4.74 Å². The Bertz CT molecular complexity index is 279. The number of hydrogen-bond donors (Lipinski definition) is 1. The summed E-state index contributed by atoms with van der Waals surface area (Å²) in [7, 11) is 0. The summed E-state index contributed by atoms with van der Waals surface area (Å²) in [6.07, 6.45) is 1.76. The first kappa shape index (κ1) is 10.8. The van der Waals surface area contributed by atoms with Crippen LogP contribution in [0.3, 0.4) is 0 Å². The smallest absolute Gasteiger partial charge is 0.129 e. The van der Waals surface area contributed by atoms with Crippen LogP contribution in [0.15, 0.2) is 18.3 Å². The summed E-state index contributed by atoms with van der Waals surface area (Å²) in [6, 6.07) is 3.80. The van der Waals surface area contributed by atoms with Crippen molar-refractivity contribution in [2.75, 3.05) is 18.5 Å². The van der Waals surface area contributed by atoms with Gasteiger partial charge in [-0.25, -0.2) is 4.98 Å². The molecule has 80 valence electrons. The molecule has 1 rings (SSSR count). The van der Waals surface area contributed by atoms with Gasteiger partial charge in [0.2, 0.25) is 0 Å². The highest BCUT2D eigenvalue weighted by molar-refractivity contribution is 5.40. The molecule has 0 saturated heterocycles. The predicted octanol–water partition coefficient (Wildman–Crippen LogP) is 2.79. The quantitative estimate of drug-likeness (QED) is 0.786. The van der Waals surface area contributed by atoms with E-state index in [0.29, 0.717) is 5.92 Å². The number of aromatic nitrogens is 1. The highest BCUT2D eigenvalue weighted by atomic mass is 16.5. The largest absolute Gasteiger partial charge is 0.493 e. The summed E-state index contributed by atoms with van der Waals surface area (Å²) in [5, 5.41) is 3.14. The van der Waals surface area contributed by atoms with Crippen molar-refractivity contribution in [3.05, 3.63) is 18.3 Å². The molecule has 1 aromatic heterocycles. The van der Waals surface area contributed by atoms with Crippen molar-refractivity contribution >= 4 is 5.82 Å². The third-order valence-corrected chi connectivity index (χ3v) is 1.67. The van der Waals surface area contributed by atoms with Crippen molar-refractivity contribution in [1.82, 2.24) is 4.98 Å². The summed E-state index contributed by atoms with van der Waals surface area (Å²) in [5.41, 5.74) is 0. The Kier molecular flexibility index (Phi) is 4.23. The van der Waals surface area contributed by atoms with Gasteiger partial charge in [0.15, 0.2) is 0 Å². The van der Waals surface area contributed by atoms with E-state index in [1.807, 2.05) is 19.1 Å². The summed E-state index contributed by atoms with van der Waals surface area (Å²) < 4.78 is 5.57. The zero-order valence-electron chi connectivity index (χ0n) is 9.08. The van der Waals surface area contributed by atoms with Crippen molar-refractivity contribution < 1.29 is 6.16 Å². The van der Waals surface area contributed by atoms with E-state index in [1.54, 1.807) is 6.20 Å². The first-order valence-corrected chi connectivity index (χ1v) is 5.05. The second-order valence-electron chi connectivity index (χ2n) is 3.61. The van der Waals surface area contributed by atoms with Gasteiger partial charge in [-0.1, -0.05) is 13.8 Å². The molecule has 14 heavy (non-hydrogen) atoms. The number of hydrogen-bond acceptors (Lipinski definition) is 3. The lowest BCUT2D eigenvalue weighted by molar-refractivity contribution is 0.271. The SMILES string of the molecule is CCNc1cc(OCC(C)C)ccn1.[HH]. The van der Waals surface area contributed by atoms with E-state index in [-0.39, 0.29) is 1.43 Å². The molecule has 0 fully saturated rings. The second kappa shape index (κ2) is 5.47. The van der Waals surface area contributed by atoms with E-state index < -0.39 is 0 Å². The molecule has 0 bridgehead atoms. The van der Waals surface area contributed by atoms with Gasteiger partial charge in [0.25, 0.3) is 0 Å². The van der Waals surface area contributed by atoms with E-state index in [2.05, 4.69) is 24.1 Å². The molecule has 0 aliphatic carbocycles. The molecule has 1 N–H and O–H groups in total. The van der Waals surface area contributed by atoms with Crippen LogP contribution in [0.4, 0.5) is 5.82 Å². The number of anilines is 1. The third-order valence-electron chi connectivity index (χ3n) is 1.67. The molecule has 0 spiro atoms. The standard InChI is InChI=1S/C11H18N2O.H2/c1-4-12-11-7-10(5-6-13-11)14-8-9(2)3;/h5-7,9H,4,8H2,1-3H3,(H,12,13);1H. The molecule has 0 aliphatic rings. The predicted molar refractivity (Wildman–Crippen MR) is 60.8 cm³/mol. The highest BCUT2D eigenvalue weighted by Gasteiger charge is 1.98. The van der Waals surface area contributed by atoms with E-state index >= 15 is 0 Å². The van der Waals surface area contributed by atoms with Crippen LogP contribution in [0, 0.1) is 5.92 Å². The van der Waals surface area contributed by atoms with Crippen LogP contribution in [-0.2, 0) is 0 Å². The minimum absolute atomic E-state index is 0. The number of pyridine rings is 1. The van der Waals surface area contributed by atoms with Gasteiger partial charge >= 0.3 is 0 Å². The summed E-state index contributed by atoms with van der Waals surface area (Å²) in [6.45, 7) is 7.93. The molecule has 3 heteroatoms. The van der Waals surface area contributed by atoms with Gasteiger partial charge in [-0.2, -0.15) is 0 Å². The molecule has 1 heterocycles. The molecule has 1 aromatic rings. The molecule has 0 amide bonds. The van der Waals surface area contributed by atoms with Gasteiger partial charge in [-0.3, -0.25) is 0 Å². The van der Waals surface area contributed by atoms with Crippen LogP contribution in [0.1, 0.15) is 22.2 Å². The minimum atomic E-state index is 0. The number of ether oxygens (including phenoxy) is 1. The fraction of sp³-hybridized carbons (Fsp3) is 0.545. The Balaban J connectivity index is 0.00000196. The van der Waals surface area contributed by atoms with E-state index in [1.165, 1.54) is 0 Å². The zero-order valence-corrected chi connectivity index (χ0v) is 9.08. The Labute approximate surface area is 87.0 Å². The van der Waals surface area contributed by atoms with Gasteiger partial charge in [0.05, 0.1) is 6.61 Å². The maximum atomic E-state index is 5.57. The normalized spacial score (nSPS) is 10.3. The summed E-state index contributed by atoms with van der Waals surface area (Å²) >= 11 is 0. The number of nitrogens with one attached hydrogen (secondary N) is 1. The summed E-state index contributed by atoms with van der Waals surface area (Å²) in [5.74, 6) is 2.30. The van der Waals surface area contributed by atoms with Crippen LogP contribution in [0.25, 0.3) is 0 Å². The van der Waals surface area contributed by atoms with Crippen molar-refractivity contribution in [1.29, 1.82) is 0 Å². The first-order chi connectivity index (χ1) is 6.72. The maximum absolute atomic E-state index is 5.57. The monoisotopic (exact) mass is 196 g/mol. The topological polar surface area (TPSA) is 34.1 Å². The average Bonchev–Trinajstić information content (AvgIpc) is 2.16. The molecule has 3 nitrogen and oxygen atoms in total. The van der Waals surface area contributed by atoms with E-state index in [9.17, 15) is 0 Å². The maximum Gasteiger partial charge on any atom is 0.129 e. The lowest BCUT2D eigenvalue weighted by atomic mass is 10.2. The van der Waals surface area contributed by atoms with Crippen LogP contribution in [0.2, 0.25) is 0 Å². The zero-order chi connectivity index (χ0) is 10.4. The van der Waals surface area contributed by atoms with Gasteiger partial charge in [0, 0.05) is 20.2 Å². The number of nitrogens with zero attached hydrogens (tertiary/aromatic N) is 1. The van der Waals surface area contributed by atoms with Gasteiger partial charge < -0.3 is 10.1 Å². The average molecular weight is 196 g/mol. The molecule has 0 aliphatic heterocycles.